The van der Waals surface area contributed by atoms with Gasteiger partial charge in [-0.1, -0.05) is 86.8 Å². The number of halogens is 3. The van der Waals surface area contributed by atoms with Crippen LogP contribution in [0.2, 0.25) is 0 Å². The third kappa shape index (κ3) is 12.0. The summed E-state index contributed by atoms with van der Waals surface area (Å²) in [6, 6.07) is 15.5. The van der Waals surface area contributed by atoms with Crippen molar-refractivity contribution in [2.24, 2.45) is 5.73 Å². The van der Waals surface area contributed by atoms with Crippen LogP contribution in [0.4, 0.5) is 8.78 Å². The van der Waals surface area contributed by atoms with Crippen LogP contribution in [-0.2, 0) is 20.0 Å². The third-order valence-corrected chi connectivity index (χ3v) is 14.5. The number of hydrogen-bond acceptors (Lipinski definition) is 6. The van der Waals surface area contributed by atoms with Gasteiger partial charge >= 0.3 is 0 Å². The number of sulfonamides is 2. The van der Waals surface area contributed by atoms with Gasteiger partial charge in [0, 0.05) is 30.2 Å². The SMILES string of the molecule is Br.C1CCC2NC2C1.Cc1ccc(S(=O)(=O)N2C3CCCCC32)cc1.Cc1ccc(S(=O)(=O)N[C@@H]2CCCC[C@H]2F)cc1.N[C@@H]1CCCC[C@H]1F. The number of nitrogens with zero attached hydrogens (tertiary/aromatic N) is 1. The third-order valence-electron chi connectivity index (χ3n) is 11.0. The number of fused-ring (bicyclic) bond motifs is 2. The number of hydrogen-bond donors (Lipinski definition) is 3. The van der Waals surface area contributed by atoms with Gasteiger partial charge in [0.1, 0.15) is 12.3 Å². The van der Waals surface area contributed by atoms with Crippen LogP contribution in [0, 0.1) is 13.8 Å². The van der Waals surface area contributed by atoms with Crippen LogP contribution >= 0.6 is 17.0 Å². The normalized spacial score (nSPS) is 32.3. The zero-order valence-corrected chi connectivity index (χ0v) is 33.5. The van der Waals surface area contributed by atoms with Gasteiger partial charge in [0.15, 0.2) is 0 Å². The Hall–Kier alpha value is -1.48. The van der Waals surface area contributed by atoms with Crippen LogP contribution in [0.25, 0.3) is 0 Å². The summed E-state index contributed by atoms with van der Waals surface area (Å²) >= 11 is 0. The Labute approximate surface area is 316 Å². The lowest BCUT2D eigenvalue weighted by atomic mass is 9.95. The van der Waals surface area contributed by atoms with E-state index in [0.717, 1.165) is 68.2 Å². The van der Waals surface area contributed by atoms with Gasteiger partial charge in [0.25, 0.3) is 0 Å². The first kappa shape index (κ1) is 42.3. The maximum Gasteiger partial charge on any atom is 0.243 e. The van der Waals surface area contributed by atoms with Crippen LogP contribution in [0.1, 0.15) is 114 Å². The zero-order valence-electron chi connectivity index (χ0n) is 30.2. The lowest BCUT2D eigenvalue weighted by Gasteiger charge is -2.26. The molecule has 0 amide bonds. The molecule has 8 nitrogen and oxygen atoms in total. The Morgan fingerprint density at radius 1 is 0.627 bits per heavy atom. The quantitative estimate of drug-likeness (QED) is 0.267. The summed E-state index contributed by atoms with van der Waals surface area (Å²) in [5.74, 6) is 0. The molecule has 2 aromatic rings. The van der Waals surface area contributed by atoms with Gasteiger partial charge in [0.2, 0.25) is 20.0 Å². The Morgan fingerprint density at radius 2 is 1.06 bits per heavy atom. The summed E-state index contributed by atoms with van der Waals surface area (Å²) < 4.78 is 79.2. The number of nitrogens with two attached hydrogens (primary N) is 1. The van der Waals surface area contributed by atoms with Gasteiger partial charge in [0.05, 0.1) is 15.8 Å². The summed E-state index contributed by atoms with van der Waals surface area (Å²) in [6.07, 6.45) is 14.9. The molecule has 2 saturated heterocycles. The highest BCUT2D eigenvalue weighted by Crippen LogP contribution is 2.44. The molecule has 8 atom stereocenters. The average Bonchev–Trinajstić information content (AvgIpc) is 4.03. The van der Waals surface area contributed by atoms with Crippen molar-refractivity contribution in [3.8, 4) is 0 Å². The Morgan fingerprint density at radius 3 is 1.51 bits per heavy atom. The largest absolute Gasteiger partial charge is 0.325 e. The highest BCUT2D eigenvalue weighted by Gasteiger charge is 2.55. The molecule has 13 heteroatoms. The van der Waals surface area contributed by atoms with Gasteiger partial charge in [-0.3, -0.25) is 0 Å². The standard InChI is InChI=1S/C13H18FNO2S.C13H17NO2S.C6H12FN.C6H11N.BrH/c1-10-6-8-11(9-7-10)18(16,17)15-13-5-3-2-4-12(13)14;1-10-6-8-11(9-7-10)17(15,16)14-12-4-2-3-5-13(12)14;7-5-3-1-2-4-6(5)8;1-2-4-6-5(3-1)7-6;/h6-9,12-13,15H,2-5H2,1H3;6-9,12-13H,2-5H2,1H3;5-6H,1-4,8H2;5-7H,1-4H2;1H/t12-,13-;;5-,6-;;/m1.1../s1. The van der Waals surface area contributed by atoms with Gasteiger partial charge in [-0.2, -0.15) is 4.31 Å². The Bertz CT molecular complexity index is 1550. The van der Waals surface area contributed by atoms with Crippen molar-refractivity contribution in [1.82, 2.24) is 14.3 Å². The van der Waals surface area contributed by atoms with Crippen molar-refractivity contribution < 1.29 is 25.6 Å². The highest BCUT2D eigenvalue weighted by molar-refractivity contribution is 8.93. The summed E-state index contributed by atoms with van der Waals surface area (Å²) in [7, 11) is -6.83. The van der Waals surface area contributed by atoms with Crippen LogP contribution in [0.3, 0.4) is 0 Å². The molecule has 0 radical (unpaired) electrons. The minimum Gasteiger partial charge on any atom is -0.325 e. The van der Waals surface area contributed by atoms with Crippen molar-refractivity contribution in [2.75, 3.05) is 0 Å². The second-order valence-corrected chi connectivity index (χ2v) is 18.6. The molecular weight excluding hydrogens is 758 g/mol. The lowest BCUT2D eigenvalue weighted by Crippen LogP contribution is -2.43. The van der Waals surface area contributed by atoms with Crippen molar-refractivity contribution in [1.29, 1.82) is 0 Å². The van der Waals surface area contributed by atoms with E-state index in [-0.39, 0.29) is 40.0 Å². The van der Waals surface area contributed by atoms with E-state index in [2.05, 4.69) is 10.0 Å². The van der Waals surface area contributed by atoms with Crippen molar-refractivity contribution in [3.05, 3.63) is 59.7 Å². The summed E-state index contributed by atoms with van der Waals surface area (Å²) in [6.45, 7) is 3.86. The smallest absolute Gasteiger partial charge is 0.243 e. The van der Waals surface area contributed by atoms with Gasteiger partial charge < -0.3 is 11.1 Å². The number of alkyl halides is 2. The molecule has 6 aliphatic rings. The zero-order chi connectivity index (χ0) is 35.9. The van der Waals surface area contributed by atoms with Gasteiger partial charge in [-0.25, -0.2) is 30.3 Å². The summed E-state index contributed by atoms with van der Waals surface area (Å²) in [4.78, 5) is 0.642. The number of rotatable bonds is 5. The summed E-state index contributed by atoms with van der Waals surface area (Å²) in [5, 5.41) is 3.43. The first-order chi connectivity index (χ1) is 23.9. The average molecular weight is 818 g/mol. The summed E-state index contributed by atoms with van der Waals surface area (Å²) in [5.41, 5.74) is 7.49. The van der Waals surface area contributed by atoms with E-state index in [1.165, 1.54) is 38.5 Å². The minimum atomic E-state index is -3.60. The highest BCUT2D eigenvalue weighted by atomic mass is 79.9. The lowest BCUT2D eigenvalue weighted by molar-refractivity contribution is 0.206. The van der Waals surface area contributed by atoms with Crippen LogP contribution in [0.15, 0.2) is 58.3 Å². The molecule has 51 heavy (non-hydrogen) atoms. The van der Waals surface area contributed by atoms with E-state index in [1.54, 1.807) is 40.7 Å². The number of nitrogens with one attached hydrogen (secondary N) is 2. The minimum absolute atomic E-state index is 0. The molecule has 0 aromatic heterocycles. The fourth-order valence-corrected chi connectivity index (χ4v) is 10.8. The molecule has 4 unspecified atom stereocenters. The van der Waals surface area contributed by atoms with E-state index in [9.17, 15) is 25.6 Å². The molecule has 2 heterocycles. The van der Waals surface area contributed by atoms with Crippen molar-refractivity contribution >= 4 is 37.0 Å². The van der Waals surface area contributed by atoms with Gasteiger partial charge in [-0.05, 0) is 89.5 Å². The second-order valence-electron chi connectivity index (χ2n) is 15.0. The number of benzene rings is 2. The van der Waals surface area contributed by atoms with Crippen LogP contribution in [0.5, 0.6) is 0 Å². The van der Waals surface area contributed by atoms with E-state index >= 15 is 0 Å². The van der Waals surface area contributed by atoms with E-state index in [1.807, 2.05) is 26.0 Å². The fraction of sp³-hybridized carbons (Fsp3) is 0.684. The van der Waals surface area contributed by atoms with Gasteiger partial charge in [-0.15, -0.1) is 17.0 Å². The molecule has 0 bridgehead atoms. The Balaban J connectivity index is 0.000000162. The molecule has 2 aliphatic heterocycles. The van der Waals surface area contributed by atoms with Crippen molar-refractivity contribution in [2.45, 2.75) is 175 Å². The molecule has 4 saturated carbocycles. The predicted octanol–water partition coefficient (Wildman–Crippen LogP) is 7.57. The molecule has 6 fully saturated rings. The number of aryl methyl sites for hydroxylation is 2. The molecule has 2 aromatic carbocycles. The van der Waals surface area contributed by atoms with E-state index < -0.39 is 38.4 Å². The van der Waals surface area contributed by atoms with E-state index in [4.69, 9.17) is 5.73 Å². The molecule has 8 rings (SSSR count). The molecular formula is C38H59BrF2N4O4S2. The van der Waals surface area contributed by atoms with Crippen LogP contribution < -0.4 is 15.8 Å². The first-order valence-electron chi connectivity index (χ1n) is 18.9. The molecule has 0 spiro atoms. The van der Waals surface area contributed by atoms with E-state index in [0.29, 0.717) is 24.2 Å². The maximum atomic E-state index is 13.6. The van der Waals surface area contributed by atoms with Crippen molar-refractivity contribution in [3.63, 3.8) is 0 Å². The predicted molar refractivity (Wildman–Crippen MR) is 206 cm³/mol. The Kier molecular flexibility index (Phi) is 15.9. The maximum absolute atomic E-state index is 13.6. The van der Waals surface area contributed by atoms with Crippen LogP contribution in [-0.4, -0.2) is 69.7 Å². The molecule has 288 valence electrons. The fourth-order valence-electron chi connectivity index (χ4n) is 7.68. The topological polar surface area (TPSA) is 131 Å². The molecule has 4 N–H and O–H groups in total. The second kappa shape index (κ2) is 19.2. The first-order valence-corrected chi connectivity index (χ1v) is 21.8. The molecule has 4 aliphatic carbocycles. The monoisotopic (exact) mass is 816 g/mol.